The monoisotopic (exact) mass is 472 g/mol. The zero-order chi connectivity index (χ0) is 25.3. The molecule has 0 aromatic carbocycles. The van der Waals surface area contributed by atoms with Crippen LogP contribution in [0.1, 0.15) is 100 Å². The van der Waals surface area contributed by atoms with Crippen molar-refractivity contribution >= 4 is 5.78 Å². The summed E-state index contributed by atoms with van der Waals surface area (Å²) >= 11 is 0. The lowest BCUT2D eigenvalue weighted by molar-refractivity contribution is -0.297. The van der Waals surface area contributed by atoms with Gasteiger partial charge in [0.2, 0.25) is 0 Å². The Kier molecular flexibility index (Phi) is 6.36. The number of aliphatic hydroxyl groups is 1. The average Bonchev–Trinajstić information content (AvgIpc) is 2.96. The van der Waals surface area contributed by atoms with Crippen LogP contribution < -0.4 is 0 Å². The van der Waals surface area contributed by atoms with E-state index in [0.717, 1.165) is 38.5 Å². The van der Waals surface area contributed by atoms with E-state index in [2.05, 4.69) is 58.6 Å². The third-order valence-electron chi connectivity index (χ3n) is 11.5. The fraction of sp³-hybridized carbons (Fsp3) is 0.833. The fourth-order valence-electron chi connectivity index (χ4n) is 9.37. The minimum absolute atomic E-state index is 0.00890. The van der Waals surface area contributed by atoms with Gasteiger partial charge in [0.1, 0.15) is 11.4 Å². The molecule has 0 spiro atoms. The van der Waals surface area contributed by atoms with Crippen LogP contribution in [-0.2, 0) is 9.68 Å². The highest BCUT2D eigenvalue weighted by Crippen LogP contribution is 2.73. The number of aliphatic hydroxyl groups excluding tert-OH is 1. The van der Waals surface area contributed by atoms with Crippen LogP contribution in [0.2, 0.25) is 0 Å². The molecule has 8 atom stereocenters. The maximum atomic E-state index is 12.8. The quantitative estimate of drug-likeness (QED) is 0.257. The number of hydrogen-bond acceptors (Lipinski definition) is 4. The number of ketones is 1. The molecule has 0 bridgehead atoms. The van der Waals surface area contributed by atoms with Gasteiger partial charge in [-0.1, -0.05) is 65.3 Å². The fourth-order valence-corrected chi connectivity index (χ4v) is 9.37. The molecule has 4 aliphatic rings. The molecular formula is C30H48O4. The minimum Gasteiger partial charge on any atom is -0.393 e. The summed E-state index contributed by atoms with van der Waals surface area (Å²) < 4.78 is 0. The third kappa shape index (κ3) is 3.61. The van der Waals surface area contributed by atoms with Crippen molar-refractivity contribution in [2.24, 2.45) is 45.3 Å². The van der Waals surface area contributed by atoms with Gasteiger partial charge in [-0.05, 0) is 92.3 Å². The number of rotatable bonds is 5. The summed E-state index contributed by atoms with van der Waals surface area (Å²) in [6, 6.07) is 0. The molecule has 0 heterocycles. The van der Waals surface area contributed by atoms with Gasteiger partial charge in [-0.2, -0.15) is 0 Å². The minimum atomic E-state index is -0.696. The summed E-state index contributed by atoms with van der Waals surface area (Å²) in [5.41, 5.74) is 0.849. The van der Waals surface area contributed by atoms with E-state index in [4.69, 9.17) is 5.26 Å². The summed E-state index contributed by atoms with van der Waals surface area (Å²) in [4.78, 5) is 17.4. The zero-order valence-corrected chi connectivity index (χ0v) is 22.8. The number of Topliss-reactive ketones (excluding diaryl/α,β-unsaturated/α-hetero) is 1. The van der Waals surface area contributed by atoms with E-state index in [1.165, 1.54) is 0 Å². The Morgan fingerprint density at radius 1 is 1.21 bits per heavy atom. The predicted molar refractivity (Wildman–Crippen MR) is 136 cm³/mol. The topological polar surface area (TPSA) is 66.8 Å². The summed E-state index contributed by atoms with van der Waals surface area (Å²) in [6.07, 6.45) is 12.9. The second-order valence-electron chi connectivity index (χ2n) is 14.0. The highest BCUT2D eigenvalue weighted by atomic mass is 17.1. The van der Waals surface area contributed by atoms with Crippen LogP contribution in [-0.4, -0.2) is 27.9 Å². The van der Waals surface area contributed by atoms with Crippen molar-refractivity contribution in [3.8, 4) is 0 Å². The predicted octanol–water partition coefficient (Wildman–Crippen LogP) is 6.98. The van der Waals surface area contributed by atoms with E-state index in [1.54, 1.807) is 5.57 Å². The normalized spacial score (nSPS) is 44.9. The average molecular weight is 473 g/mol. The SMILES string of the molecule is C[C@H](C/C=C/C(C)(C)OO)[C@@H]1[C@@H](O)C[C@]2(C)C3=CC[C@H]4C(C)(C)C(=O)CC[C@]4(C)[C@H]3CC[C@@]12C. The largest absolute Gasteiger partial charge is 0.393 e. The van der Waals surface area contributed by atoms with Gasteiger partial charge in [0.05, 0.1) is 6.10 Å². The molecule has 34 heavy (non-hydrogen) atoms. The second-order valence-corrected chi connectivity index (χ2v) is 14.0. The first-order chi connectivity index (χ1) is 15.6. The molecule has 4 heteroatoms. The highest BCUT2D eigenvalue weighted by molar-refractivity contribution is 5.85. The van der Waals surface area contributed by atoms with Gasteiger partial charge in [-0.15, -0.1) is 0 Å². The lowest BCUT2D eigenvalue weighted by Crippen LogP contribution is -2.57. The van der Waals surface area contributed by atoms with Crippen LogP contribution in [0.25, 0.3) is 0 Å². The van der Waals surface area contributed by atoms with E-state index >= 15 is 0 Å². The van der Waals surface area contributed by atoms with Gasteiger partial charge >= 0.3 is 0 Å². The van der Waals surface area contributed by atoms with E-state index in [-0.39, 0.29) is 33.7 Å². The van der Waals surface area contributed by atoms with Crippen molar-refractivity contribution in [3.05, 3.63) is 23.8 Å². The standard InChI is InChI=1S/C30H48O4/c1-19(10-9-15-26(2,3)34-33)25-22(31)18-30(8)21-11-12-23-27(4,5)24(32)14-16-28(23,6)20(21)13-17-29(25,30)7/h9,11,15,19-20,22-23,25,31,33H,10,12-14,16-18H2,1-8H3/b15-9+/t19-,20+,22+,23+,25-,28-,29+,30-/m1/s1. The molecule has 0 aliphatic heterocycles. The summed E-state index contributed by atoms with van der Waals surface area (Å²) in [5.74, 6) is 1.93. The smallest absolute Gasteiger partial charge is 0.138 e. The van der Waals surface area contributed by atoms with Gasteiger partial charge < -0.3 is 5.11 Å². The maximum Gasteiger partial charge on any atom is 0.138 e. The Morgan fingerprint density at radius 2 is 1.88 bits per heavy atom. The Morgan fingerprint density at radius 3 is 2.53 bits per heavy atom. The summed E-state index contributed by atoms with van der Waals surface area (Å²) in [6.45, 7) is 17.6. The molecule has 0 aromatic rings. The van der Waals surface area contributed by atoms with Crippen LogP contribution in [0.4, 0.5) is 0 Å². The summed E-state index contributed by atoms with van der Waals surface area (Å²) in [5, 5.41) is 20.6. The number of fused-ring (bicyclic) bond motifs is 5. The van der Waals surface area contributed by atoms with Crippen molar-refractivity contribution in [1.82, 2.24) is 0 Å². The van der Waals surface area contributed by atoms with Crippen molar-refractivity contribution in [1.29, 1.82) is 0 Å². The van der Waals surface area contributed by atoms with Gasteiger partial charge in [0.15, 0.2) is 0 Å². The van der Waals surface area contributed by atoms with Crippen LogP contribution in [0.5, 0.6) is 0 Å². The molecule has 0 aromatic heterocycles. The molecule has 0 unspecified atom stereocenters. The zero-order valence-electron chi connectivity index (χ0n) is 22.8. The van der Waals surface area contributed by atoms with Gasteiger partial charge in [0.25, 0.3) is 0 Å². The first-order valence-electron chi connectivity index (χ1n) is 13.6. The second kappa shape index (κ2) is 8.28. The molecule has 0 saturated heterocycles. The molecule has 3 fully saturated rings. The number of carbonyl (C=O) groups is 1. The molecule has 0 radical (unpaired) electrons. The first kappa shape index (κ1) is 26.1. The number of allylic oxidation sites excluding steroid dienone is 3. The van der Waals surface area contributed by atoms with Gasteiger partial charge in [-0.25, -0.2) is 4.89 Å². The van der Waals surface area contributed by atoms with E-state index in [9.17, 15) is 9.90 Å². The number of hydrogen-bond donors (Lipinski definition) is 2. The molecule has 3 saturated carbocycles. The Bertz CT molecular complexity index is 884. The van der Waals surface area contributed by atoms with Crippen molar-refractivity contribution in [2.45, 2.75) is 112 Å². The molecule has 192 valence electrons. The lowest BCUT2D eigenvalue weighted by atomic mass is 9.41. The van der Waals surface area contributed by atoms with Crippen LogP contribution in [0, 0.1) is 45.3 Å². The Hall–Kier alpha value is -0.970. The van der Waals surface area contributed by atoms with Crippen molar-refractivity contribution in [2.75, 3.05) is 0 Å². The number of carbonyl (C=O) groups excluding carboxylic acids is 1. The summed E-state index contributed by atoms with van der Waals surface area (Å²) in [7, 11) is 0. The van der Waals surface area contributed by atoms with Crippen molar-refractivity contribution in [3.63, 3.8) is 0 Å². The van der Waals surface area contributed by atoms with E-state index < -0.39 is 5.60 Å². The van der Waals surface area contributed by atoms with Gasteiger partial charge in [-0.3, -0.25) is 10.1 Å². The first-order valence-corrected chi connectivity index (χ1v) is 13.6. The van der Waals surface area contributed by atoms with E-state index in [0.29, 0.717) is 30.0 Å². The molecule has 0 amide bonds. The van der Waals surface area contributed by atoms with Crippen molar-refractivity contribution < 1.29 is 20.0 Å². The third-order valence-corrected chi connectivity index (χ3v) is 11.5. The van der Waals surface area contributed by atoms with Crippen LogP contribution in [0.3, 0.4) is 0 Å². The molecule has 4 rings (SSSR count). The molecular weight excluding hydrogens is 424 g/mol. The Labute approximate surface area is 207 Å². The van der Waals surface area contributed by atoms with Crippen LogP contribution >= 0.6 is 0 Å². The lowest BCUT2D eigenvalue weighted by Gasteiger charge is -2.63. The van der Waals surface area contributed by atoms with Gasteiger partial charge in [0, 0.05) is 11.8 Å². The molecule has 4 nitrogen and oxygen atoms in total. The molecule has 2 N–H and O–H groups in total. The maximum absolute atomic E-state index is 12.8. The molecule has 4 aliphatic carbocycles. The highest BCUT2D eigenvalue weighted by Gasteiger charge is 2.67. The van der Waals surface area contributed by atoms with Crippen LogP contribution in [0.15, 0.2) is 23.8 Å². The van der Waals surface area contributed by atoms with E-state index in [1.807, 2.05) is 19.9 Å². The Balaban J connectivity index is 1.64.